The monoisotopic (exact) mass is 333 g/mol. The molecule has 0 aliphatic heterocycles. The fourth-order valence-corrected chi connectivity index (χ4v) is 4.05. The maximum Gasteiger partial charge on any atom is 0.0489 e. The summed E-state index contributed by atoms with van der Waals surface area (Å²) in [5.74, 6) is 0.887. The molecule has 2 aromatic carbocycles. The van der Waals surface area contributed by atoms with Crippen molar-refractivity contribution in [1.82, 2.24) is 4.90 Å². The molecule has 1 heteroatoms. The number of benzene rings is 2. The lowest BCUT2D eigenvalue weighted by Crippen LogP contribution is -2.46. The van der Waals surface area contributed by atoms with Gasteiger partial charge >= 0.3 is 0 Å². The first-order valence-electron chi connectivity index (χ1n) is 9.73. The summed E-state index contributed by atoms with van der Waals surface area (Å²) in [7, 11) is 2.32. The van der Waals surface area contributed by atoms with Gasteiger partial charge in [0.15, 0.2) is 0 Å². The van der Waals surface area contributed by atoms with E-state index in [0.29, 0.717) is 0 Å². The smallest absolute Gasteiger partial charge is 0.0489 e. The van der Waals surface area contributed by atoms with Crippen molar-refractivity contribution in [3.63, 3.8) is 0 Å². The lowest BCUT2D eigenvalue weighted by Gasteiger charge is -2.44. The zero-order chi connectivity index (χ0) is 17.5. The molecule has 0 bridgehead atoms. The van der Waals surface area contributed by atoms with Crippen LogP contribution < -0.4 is 0 Å². The van der Waals surface area contributed by atoms with E-state index in [1.54, 1.807) is 0 Å². The van der Waals surface area contributed by atoms with Crippen LogP contribution in [0.1, 0.15) is 50.2 Å². The Kier molecular flexibility index (Phi) is 6.09. The Morgan fingerprint density at radius 1 is 1.00 bits per heavy atom. The molecule has 25 heavy (non-hydrogen) atoms. The van der Waals surface area contributed by atoms with E-state index in [2.05, 4.69) is 91.7 Å². The summed E-state index contributed by atoms with van der Waals surface area (Å²) in [6.07, 6.45) is 11.0. The highest BCUT2D eigenvalue weighted by Gasteiger charge is 2.35. The van der Waals surface area contributed by atoms with Gasteiger partial charge in [0.2, 0.25) is 0 Å². The SMILES string of the molecule is CCC(C/C=C/c1ccccc1)(c1ccccc1)N(C)CC1CCC1. The normalized spacial score (nSPS) is 17.6. The average molecular weight is 334 g/mol. The molecule has 2 aromatic rings. The summed E-state index contributed by atoms with van der Waals surface area (Å²) < 4.78 is 0. The molecular weight excluding hydrogens is 302 g/mol. The van der Waals surface area contributed by atoms with Gasteiger partial charge in [0.25, 0.3) is 0 Å². The second-order valence-electron chi connectivity index (χ2n) is 7.45. The van der Waals surface area contributed by atoms with Crippen molar-refractivity contribution in [2.75, 3.05) is 13.6 Å². The molecule has 0 aromatic heterocycles. The number of hydrogen-bond donors (Lipinski definition) is 0. The third-order valence-electron chi connectivity index (χ3n) is 5.95. The molecule has 1 aliphatic carbocycles. The molecule has 1 fully saturated rings. The Bertz CT molecular complexity index is 657. The molecule has 1 aliphatic rings. The van der Waals surface area contributed by atoms with Crippen LogP contribution in [0.2, 0.25) is 0 Å². The zero-order valence-electron chi connectivity index (χ0n) is 15.7. The highest BCUT2D eigenvalue weighted by Crippen LogP contribution is 2.38. The Morgan fingerprint density at radius 2 is 1.64 bits per heavy atom. The minimum absolute atomic E-state index is 0.0854. The van der Waals surface area contributed by atoms with Gasteiger partial charge in [-0.3, -0.25) is 4.90 Å². The average Bonchev–Trinajstić information content (AvgIpc) is 2.63. The summed E-state index contributed by atoms with van der Waals surface area (Å²) in [6, 6.07) is 21.7. The minimum atomic E-state index is 0.0854. The van der Waals surface area contributed by atoms with E-state index in [-0.39, 0.29) is 5.54 Å². The van der Waals surface area contributed by atoms with Crippen LogP contribution in [0.5, 0.6) is 0 Å². The number of hydrogen-bond acceptors (Lipinski definition) is 1. The molecule has 132 valence electrons. The second kappa shape index (κ2) is 8.49. The van der Waals surface area contributed by atoms with Gasteiger partial charge in [-0.2, -0.15) is 0 Å². The molecule has 0 radical (unpaired) electrons. The van der Waals surface area contributed by atoms with E-state index in [0.717, 1.165) is 18.8 Å². The van der Waals surface area contributed by atoms with E-state index >= 15 is 0 Å². The Balaban J connectivity index is 1.83. The Morgan fingerprint density at radius 3 is 2.20 bits per heavy atom. The van der Waals surface area contributed by atoms with Crippen LogP contribution in [0, 0.1) is 5.92 Å². The molecule has 3 rings (SSSR count). The van der Waals surface area contributed by atoms with Gasteiger partial charge in [0, 0.05) is 12.1 Å². The van der Waals surface area contributed by atoms with E-state index in [1.165, 1.54) is 36.9 Å². The van der Waals surface area contributed by atoms with Crippen molar-refractivity contribution in [2.24, 2.45) is 5.92 Å². The number of nitrogens with zero attached hydrogens (tertiary/aromatic N) is 1. The maximum atomic E-state index is 2.63. The third kappa shape index (κ3) is 4.22. The van der Waals surface area contributed by atoms with Gasteiger partial charge < -0.3 is 0 Å². The summed E-state index contributed by atoms with van der Waals surface area (Å²) in [5.41, 5.74) is 2.81. The molecule has 1 saturated carbocycles. The van der Waals surface area contributed by atoms with Crippen LogP contribution in [0.25, 0.3) is 6.08 Å². The van der Waals surface area contributed by atoms with Crippen molar-refractivity contribution >= 4 is 6.08 Å². The van der Waals surface area contributed by atoms with Crippen LogP contribution in [0.4, 0.5) is 0 Å². The summed E-state index contributed by atoms with van der Waals surface area (Å²) in [4.78, 5) is 2.63. The molecule has 1 atom stereocenters. The van der Waals surface area contributed by atoms with Crippen molar-refractivity contribution in [1.29, 1.82) is 0 Å². The van der Waals surface area contributed by atoms with Gasteiger partial charge in [0.1, 0.15) is 0 Å². The van der Waals surface area contributed by atoms with Crippen LogP contribution in [0.15, 0.2) is 66.7 Å². The molecular formula is C24H31N. The zero-order valence-corrected chi connectivity index (χ0v) is 15.7. The first-order chi connectivity index (χ1) is 12.2. The van der Waals surface area contributed by atoms with Crippen molar-refractivity contribution in [3.8, 4) is 0 Å². The van der Waals surface area contributed by atoms with Crippen LogP contribution in [-0.4, -0.2) is 18.5 Å². The van der Waals surface area contributed by atoms with Gasteiger partial charge in [-0.05, 0) is 49.8 Å². The largest absolute Gasteiger partial charge is 0.296 e. The van der Waals surface area contributed by atoms with Crippen LogP contribution in [0.3, 0.4) is 0 Å². The summed E-state index contributed by atoms with van der Waals surface area (Å²) >= 11 is 0. The lowest BCUT2D eigenvalue weighted by molar-refractivity contribution is 0.0748. The van der Waals surface area contributed by atoms with E-state index in [1.807, 2.05) is 0 Å². The first-order valence-corrected chi connectivity index (χ1v) is 9.73. The first kappa shape index (κ1) is 17.9. The van der Waals surface area contributed by atoms with Crippen molar-refractivity contribution in [3.05, 3.63) is 77.9 Å². The maximum absolute atomic E-state index is 2.63. The molecule has 0 N–H and O–H groups in total. The fraction of sp³-hybridized carbons (Fsp3) is 0.417. The fourth-order valence-electron chi connectivity index (χ4n) is 4.05. The van der Waals surface area contributed by atoms with Gasteiger partial charge in [-0.1, -0.05) is 86.2 Å². The molecule has 1 nitrogen and oxygen atoms in total. The number of rotatable bonds is 8. The minimum Gasteiger partial charge on any atom is -0.296 e. The molecule has 1 unspecified atom stereocenters. The molecule has 0 heterocycles. The predicted octanol–water partition coefficient (Wildman–Crippen LogP) is 6.13. The molecule has 0 spiro atoms. The highest BCUT2D eigenvalue weighted by molar-refractivity contribution is 5.49. The quantitative estimate of drug-likeness (QED) is 0.562. The Hall–Kier alpha value is -1.86. The molecule has 0 amide bonds. The standard InChI is InChI=1S/C24H31N/c1-3-24(23-17-8-5-9-18-23,25(2)20-22-14-10-15-22)19-11-16-21-12-6-4-7-13-21/h4-9,11-13,16-18,22H,3,10,14-15,19-20H2,1-2H3/b16-11+. The van der Waals surface area contributed by atoms with Crippen LogP contribution in [-0.2, 0) is 5.54 Å². The van der Waals surface area contributed by atoms with E-state index in [4.69, 9.17) is 0 Å². The second-order valence-corrected chi connectivity index (χ2v) is 7.45. The highest BCUT2D eigenvalue weighted by atomic mass is 15.2. The molecule has 0 saturated heterocycles. The summed E-state index contributed by atoms with van der Waals surface area (Å²) in [6.45, 7) is 3.54. The Labute approximate surface area is 153 Å². The van der Waals surface area contributed by atoms with Gasteiger partial charge in [-0.25, -0.2) is 0 Å². The summed E-state index contributed by atoms with van der Waals surface area (Å²) in [5, 5.41) is 0. The van der Waals surface area contributed by atoms with Gasteiger partial charge in [-0.15, -0.1) is 0 Å². The van der Waals surface area contributed by atoms with Crippen LogP contribution >= 0.6 is 0 Å². The third-order valence-corrected chi connectivity index (χ3v) is 5.95. The predicted molar refractivity (Wildman–Crippen MR) is 108 cm³/mol. The van der Waals surface area contributed by atoms with E-state index < -0.39 is 0 Å². The van der Waals surface area contributed by atoms with E-state index in [9.17, 15) is 0 Å². The van der Waals surface area contributed by atoms with Gasteiger partial charge in [0.05, 0.1) is 0 Å². The topological polar surface area (TPSA) is 3.24 Å². The lowest BCUT2D eigenvalue weighted by atomic mass is 9.79. The van der Waals surface area contributed by atoms with Crippen molar-refractivity contribution in [2.45, 2.75) is 44.6 Å². The van der Waals surface area contributed by atoms with Crippen molar-refractivity contribution < 1.29 is 0 Å².